The summed E-state index contributed by atoms with van der Waals surface area (Å²) in [6.07, 6.45) is -0.0375. The first kappa shape index (κ1) is 16.8. The molecule has 3 nitrogen and oxygen atoms in total. The molecule has 20 heavy (non-hydrogen) atoms. The lowest BCUT2D eigenvalue weighted by molar-refractivity contribution is 0.0311. The Balaban J connectivity index is 2.27. The van der Waals surface area contributed by atoms with E-state index in [9.17, 15) is 5.11 Å². The van der Waals surface area contributed by atoms with E-state index in [1.807, 2.05) is 24.3 Å². The van der Waals surface area contributed by atoms with Gasteiger partial charge < -0.3 is 14.6 Å². The maximum atomic E-state index is 9.77. The van der Waals surface area contributed by atoms with Gasteiger partial charge in [0.1, 0.15) is 13.8 Å². The highest BCUT2D eigenvalue weighted by Gasteiger charge is 2.08. The van der Waals surface area contributed by atoms with Gasteiger partial charge >= 0.3 is 0 Å². The monoisotopic (exact) mass is 292 g/mol. The molecule has 0 unspecified atom stereocenters. The zero-order valence-electron chi connectivity index (χ0n) is 12.8. The molecule has 0 saturated carbocycles. The molecule has 0 radical (unpaired) electrons. The standard InChI is InChI=1S/C16H24O3Si/c1-18-16-9-7-14(8-10-16)12-19-13-15(17)6-5-11-20(2,3)4/h7-10,15,17H,6,12-13H2,1-4H3/t15-/m1/s1. The summed E-state index contributed by atoms with van der Waals surface area (Å²) in [5, 5.41) is 9.77. The number of hydrogen-bond acceptors (Lipinski definition) is 3. The Morgan fingerprint density at radius 3 is 2.40 bits per heavy atom. The van der Waals surface area contributed by atoms with E-state index in [0.717, 1.165) is 11.3 Å². The highest BCUT2D eigenvalue weighted by molar-refractivity contribution is 6.83. The second kappa shape index (κ2) is 8.10. The molecule has 110 valence electrons. The van der Waals surface area contributed by atoms with Gasteiger partial charge in [0, 0.05) is 6.42 Å². The number of ether oxygens (including phenoxy) is 2. The summed E-state index contributed by atoms with van der Waals surface area (Å²) in [5.41, 5.74) is 4.29. The van der Waals surface area contributed by atoms with Crippen molar-refractivity contribution < 1.29 is 14.6 Å². The van der Waals surface area contributed by atoms with Crippen molar-refractivity contribution in [2.24, 2.45) is 0 Å². The van der Waals surface area contributed by atoms with Crippen LogP contribution in [0, 0.1) is 11.5 Å². The van der Waals surface area contributed by atoms with Crippen molar-refractivity contribution in [3.05, 3.63) is 29.8 Å². The van der Waals surface area contributed by atoms with Crippen LogP contribution in [0.3, 0.4) is 0 Å². The van der Waals surface area contributed by atoms with Crippen LogP contribution < -0.4 is 4.74 Å². The molecule has 0 aliphatic carbocycles. The third kappa shape index (κ3) is 7.34. The molecular formula is C16H24O3Si. The Labute approximate surface area is 122 Å². The molecule has 1 rings (SSSR count). The van der Waals surface area contributed by atoms with E-state index in [1.54, 1.807) is 7.11 Å². The van der Waals surface area contributed by atoms with Gasteiger partial charge in [-0.25, -0.2) is 0 Å². The quantitative estimate of drug-likeness (QED) is 0.647. The fourth-order valence-corrected chi connectivity index (χ4v) is 2.16. The molecular weight excluding hydrogens is 268 g/mol. The Kier molecular flexibility index (Phi) is 6.80. The molecule has 1 aromatic carbocycles. The molecule has 1 atom stereocenters. The predicted octanol–water partition coefficient (Wildman–Crippen LogP) is 2.84. The van der Waals surface area contributed by atoms with Crippen LogP contribution in [0.15, 0.2) is 24.3 Å². The van der Waals surface area contributed by atoms with Crippen molar-refractivity contribution in [1.29, 1.82) is 0 Å². The molecule has 4 heteroatoms. The van der Waals surface area contributed by atoms with Crippen molar-refractivity contribution in [3.63, 3.8) is 0 Å². The maximum absolute atomic E-state index is 9.77. The minimum absolute atomic E-state index is 0.312. The Hall–Kier alpha value is -1.28. The lowest BCUT2D eigenvalue weighted by atomic mass is 10.2. The molecule has 0 bridgehead atoms. The SMILES string of the molecule is COc1ccc(COC[C@H](O)CC#C[Si](C)(C)C)cc1. The average molecular weight is 292 g/mol. The van der Waals surface area contributed by atoms with Crippen LogP contribution in [0.25, 0.3) is 0 Å². The van der Waals surface area contributed by atoms with Crippen LogP contribution in [0.5, 0.6) is 5.75 Å². The summed E-state index contributed by atoms with van der Waals surface area (Å²) in [6, 6.07) is 7.70. The lowest BCUT2D eigenvalue weighted by Crippen LogP contribution is -2.18. The van der Waals surface area contributed by atoms with Crippen molar-refractivity contribution in [3.8, 4) is 17.2 Å². The molecule has 0 aliphatic heterocycles. The molecule has 0 aromatic heterocycles. The van der Waals surface area contributed by atoms with Gasteiger partial charge in [0.15, 0.2) is 0 Å². The number of aliphatic hydroxyl groups excluding tert-OH is 1. The zero-order valence-corrected chi connectivity index (χ0v) is 13.8. The molecule has 1 aromatic rings. The smallest absolute Gasteiger partial charge is 0.129 e. The molecule has 0 spiro atoms. The van der Waals surface area contributed by atoms with Crippen LogP contribution >= 0.6 is 0 Å². The third-order valence-electron chi connectivity index (χ3n) is 2.54. The summed E-state index contributed by atoms with van der Waals surface area (Å²) < 4.78 is 10.6. The fourth-order valence-electron chi connectivity index (χ4n) is 1.53. The summed E-state index contributed by atoms with van der Waals surface area (Å²) in [4.78, 5) is 0. The lowest BCUT2D eigenvalue weighted by Gasteiger charge is -2.09. The minimum atomic E-state index is -1.34. The van der Waals surface area contributed by atoms with Crippen molar-refractivity contribution in [2.75, 3.05) is 13.7 Å². The van der Waals surface area contributed by atoms with Crippen molar-refractivity contribution >= 4 is 8.07 Å². The van der Waals surface area contributed by atoms with E-state index in [4.69, 9.17) is 9.47 Å². The first-order valence-electron chi connectivity index (χ1n) is 6.79. The normalized spacial score (nSPS) is 12.4. The van der Waals surface area contributed by atoms with Gasteiger partial charge in [-0.1, -0.05) is 31.8 Å². The first-order chi connectivity index (χ1) is 9.40. The number of hydrogen-bond donors (Lipinski definition) is 1. The first-order valence-corrected chi connectivity index (χ1v) is 10.3. The third-order valence-corrected chi connectivity index (χ3v) is 3.47. The van der Waals surface area contributed by atoms with E-state index in [0.29, 0.717) is 19.6 Å². The Morgan fingerprint density at radius 2 is 1.85 bits per heavy atom. The second-order valence-electron chi connectivity index (χ2n) is 5.77. The van der Waals surface area contributed by atoms with Crippen LogP contribution in [0.1, 0.15) is 12.0 Å². The van der Waals surface area contributed by atoms with Gasteiger partial charge in [0.25, 0.3) is 0 Å². The molecule has 0 saturated heterocycles. The van der Waals surface area contributed by atoms with Crippen LogP contribution in [0.4, 0.5) is 0 Å². The topological polar surface area (TPSA) is 38.7 Å². The Morgan fingerprint density at radius 1 is 1.20 bits per heavy atom. The van der Waals surface area contributed by atoms with Gasteiger partial charge in [-0.3, -0.25) is 0 Å². The van der Waals surface area contributed by atoms with Crippen LogP contribution in [0.2, 0.25) is 19.6 Å². The molecule has 0 fully saturated rings. The highest BCUT2D eigenvalue weighted by atomic mass is 28.3. The predicted molar refractivity (Wildman–Crippen MR) is 84.4 cm³/mol. The van der Waals surface area contributed by atoms with Gasteiger partial charge in [-0.2, -0.15) is 0 Å². The number of aliphatic hydroxyl groups is 1. The molecule has 0 amide bonds. The van der Waals surface area contributed by atoms with Crippen molar-refractivity contribution in [2.45, 2.75) is 38.8 Å². The van der Waals surface area contributed by atoms with E-state index in [-0.39, 0.29) is 0 Å². The summed E-state index contributed by atoms with van der Waals surface area (Å²) in [7, 11) is 0.300. The van der Waals surface area contributed by atoms with E-state index < -0.39 is 14.2 Å². The van der Waals surface area contributed by atoms with Gasteiger partial charge in [0.05, 0.1) is 26.4 Å². The minimum Gasteiger partial charge on any atom is -0.497 e. The van der Waals surface area contributed by atoms with Crippen molar-refractivity contribution in [1.82, 2.24) is 0 Å². The largest absolute Gasteiger partial charge is 0.497 e. The maximum Gasteiger partial charge on any atom is 0.129 e. The zero-order chi connectivity index (χ0) is 15.0. The van der Waals surface area contributed by atoms with Gasteiger partial charge in [-0.15, -0.1) is 11.5 Å². The fraction of sp³-hybridized carbons (Fsp3) is 0.500. The second-order valence-corrected chi connectivity index (χ2v) is 10.5. The highest BCUT2D eigenvalue weighted by Crippen LogP contribution is 2.12. The Bertz CT molecular complexity index is 451. The van der Waals surface area contributed by atoms with E-state index in [2.05, 4.69) is 31.1 Å². The average Bonchev–Trinajstić information content (AvgIpc) is 2.38. The van der Waals surface area contributed by atoms with Gasteiger partial charge in [-0.05, 0) is 17.7 Å². The molecule has 0 heterocycles. The molecule has 0 aliphatic rings. The summed E-state index contributed by atoms with van der Waals surface area (Å²) >= 11 is 0. The summed E-state index contributed by atoms with van der Waals surface area (Å²) in [6.45, 7) is 7.36. The number of benzene rings is 1. The van der Waals surface area contributed by atoms with E-state index >= 15 is 0 Å². The van der Waals surface area contributed by atoms with Crippen LogP contribution in [-0.2, 0) is 11.3 Å². The van der Waals surface area contributed by atoms with E-state index in [1.165, 1.54) is 0 Å². The molecule has 1 N–H and O–H groups in total. The van der Waals surface area contributed by atoms with Crippen LogP contribution in [-0.4, -0.2) is 33.0 Å². The number of rotatable bonds is 6. The summed E-state index contributed by atoms with van der Waals surface area (Å²) in [5.74, 6) is 3.88. The number of methoxy groups -OCH3 is 1. The van der Waals surface area contributed by atoms with Gasteiger partial charge in [0.2, 0.25) is 0 Å².